The van der Waals surface area contributed by atoms with Crippen LogP contribution < -0.4 is 4.74 Å². The maximum Gasteiger partial charge on any atom is 0.130 e. The fraction of sp³-hybridized carbons (Fsp3) is 0.385. The van der Waals surface area contributed by atoms with Gasteiger partial charge in [0.1, 0.15) is 18.0 Å². The molecular weight excluding hydrogens is 568 g/mol. The lowest BCUT2D eigenvalue weighted by Crippen LogP contribution is -2.51. The fourth-order valence-electron chi connectivity index (χ4n) is 6.64. The Morgan fingerprint density at radius 1 is 0.773 bits per heavy atom. The maximum absolute atomic E-state index is 7.10. The minimum atomic E-state index is -0.369. The van der Waals surface area contributed by atoms with Crippen molar-refractivity contribution in [3.8, 4) is 5.75 Å². The van der Waals surface area contributed by atoms with Crippen molar-refractivity contribution in [2.24, 2.45) is 5.92 Å². The van der Waals surface area contributed by atoms with Crippen molar-refractivity contribution in [2.75, 3.05) is 6.61 Å². The lowest BCUT2D eigenvalue weighted by atomic mass is 9.83. The molecule has 2 aliphatic rings. The first-order valence-electron chi connectivity index (χ1n) is 16.1. The van der Waals surface area contributed by atoms with Crippen LogP contribution in [0.15, 0.2) is 91.0 Å². The van der Waals surface area contributed by atoms with E-state index in [2.05, 4.69) is 87.5 Å². The highest BCUT2D eigenvalue weighted by molar-refractivity contribution is 6.32. The first kappa shape index (κ1) is 30.9. The van der Waals surface area contributed by atoms with Gasteiger partial charge in [-0.3, -0.25) is 0 Å². The van der Waals surface area contributed by atoms with Crippen LogP contribution in [0, 0.1) is 5.92 Å². The molecule has 0 radical (unpaired) electrons. The average molecular weight is 611 g/mol. The molecule has 4 aromatic rings. The Kier molecular flexibility index (Phi) is 10.0. The molecule has 0 saturated carbocycles. The molecule has 0 amide bonds. The highest BCUT2D eigenvalue weighted by Crippen LogP contribution is 2.47. The van der Waals surface area contributed by atoms with Gasteiger partial charge in [-0.1, -0.05) is 117 Å². The predicted octanol–water partition coefficient (Wildman–Crippen LogP) is 9.08. The van der Waals surface area contributed by atoms with E-state index < -0.39 is 0 Å². The Bertz CT molecular complexity index is 1510. The summed E-state index contributed by atoms with van der Waals surface area (Å²) in [5.41, 5.74) is 8.01. The molecule has 5 heteroatoms. The average Bonchev–Trinajstić information content (AvgIpc) is 3.57. The summed E-state index contributed by atoms with van der Waals surface area (Å²) >= 11 is 7.10. The van der Waals surface area contributed by atoms with Crippen molar-refractivity contribution in [2.45, 2.75) is 84.1 Å². The number of halogens is 1. The SMILES string of the molecule is CCc1ccc(Cc2cc(C3O[C@H](CC)[C@@H](C)[C@H](OCc4ccccc4)[C@H]3OCc3ccccc3)c3c(c2Cl)CCO3)cc1. The van der Waals surface area contributed by atoms with Crippen molar-refractivity contribution >= 4 is 11.6 Å². The van der Waals surface area contributed by atoms with Crippen LogP contribution in [0.5, 0.6) is 5.75 Å². The third-order valence-electron chi connectivity index (χ3n) is 9.16. The molecule has 2 aliphatic heterocycles. The second-order valence-electron chi connectivity index (χ2n) is 12.1. The smallest absolute Gasteiger partial charge is 0.130 e. The van der Waals surface area contributed by atoms with Gasteiger partial charge in [0.05, 0.1) is 37.1 Å². The molecule has 0 spiro atoms. The molecule has 44 heavy (non-hydrogen) atoms. The molecule has 1 fully saturated rings. The van der Waals surface area contributed by atoms with E-state index in [1.807, 2.05) is 24.3 Å². The van der Waals surface area contributed by atoms with Crippen LogP contribution in [0.1, 0.15) is 72.2 Å². The molecule has 0 N–H and O–H groups in total. The van der Waals surface area contributed by atoms with Gasteiger partial charge in [-0.15, -0.1) is 0 Å². The molecule has 2 heterocycles. The fourth-order valence-corrected chi connectivity index (χ4v) is 6.94. The third-order valence-corrected chi connectivity index (χ3v) is 9.64. The zero-order valence-electron chi connectivity index (χ0n) is 26.0. The van der Waals surface area contributed by atoms with E-state index in [9.17, 15) is 0 Å². The van der Waals surface area contributed by atoms with Crippen molar-refractivity contribution < 1.29 is 18.9 Å². The highest BCUT2D eigenvalue weighted by atomic mass is 35.5. The minimum Gasteiger partial charge on any atom is -0.493 e. The van der Waals surface area contributed by atoms with Gasteiger partial charge < -0.3 is 18.9 Å². The van der Waals surface area contributed by atoms with E-state index >= 15 is 0 Å². The van der Waals surface area contributed by atoms with Crippen LogP contribution in [0.25, 0.3) is 0 Å². The topological polar surface area (TPSA) is 36.9 Å². The molecular formula is C39H43ClO4. The quantitative estimate of drug-likeness (QED) is 0.170. The number of ether oxygens (including phenoxy) is 4. The highest BCUT2D eigenvalue weighted by Gasteiger charge is 2.47. The number of rotatable bonds is 11. The van der Waals surface area contributed by atoms with Crippen LogP contribution in [0.4, 0.5) is 0 Å². The van der Waals surface area contributed by atoms with Gasteiger partial charge >= 0.3 is 0 Å². The van der Waals surface area contributed by atoms with Gasteiger partial charge in [0.25, 0.3) is 0 Å². The van der Waals surface area contributed by atoms with E-state index in [0.29, 0.717) is 19.8 Å². The molecule has 0 aromatic heterocycles. The Morgan fingerprint density at radius 3 is 2.00 bits per heavy atom. The summed E-state index contributed by atoms with van der Waals surface area (Å²) in [5.74, 6) is 0.989. The first-order chi connectivity index (χ1) is 21.6. The van der Waals surface area contributed by atoms with E-state index in [4.69, 9.17) is 30.5 Å². The monoisotopic (exact) mass is 610 g/mol. The van der Waals surface area contributed by atoms with Crippen LogP contribution in [-0.2, 0) is 46.7 Å². The number of hydrogen-bond acceptors (Lipinski definition) is 4. The normalized spacial score (nSPS) is 22.9. The first-order valence-corrected chi connectivity index (χ1v) is 16.4. The van der Waals surface area contributed by atoms with E-state index in [1.54, 1.807) is 0 Å². The molecule has 4 aromatic carbocycles. The van der Waals surface area contributed by atoms with Crippen molar-refractivity contribution in [3.63, 3.8) is 0 Å². The summed E-state index contributed by atoms with van der Waals surface area (Å²) in [4.78, 5) is 0. The molecule has 1 saturated heterocycles. The molecule has 230 valence electrons. The summed E-state index contributed by atoms with van der Waals surface area (Å²) in [7, 11) is 0. The Hall–Kier alpha value is -3.15. The van der Waals surface area contributed by atoms with E-state index in [0.717, 1.165) is 64.3 Å². The molecule has 6 rings (SSSR count). The van der Waals surface area contributed by atoms with Gasteiger partial charge in [0, 0.05) is 23.5 Å². The van der Waals surface area contributed by atoms with Gasteiger partial charge in [-0.05, 0) is 53.1 Å². The van der Waals surface area contributed by atoms with Crippen LogP contribution in [0.3, 0.4) is 0 Å². The predicted molar refractivity (Wildman–Crippen MR) is 176 cm³/mol. The molecule has 0 bridgehead atoms. The standard InChI is InChI=1S/C39H43ClO4/c1-4-27-16-18-28(19-17-27)22-31-23-33(37-32(35(31)40)20-21-41-37)38-39(43-25-30-14-10-7-11-15-30)36(26(3)34(5-2)44-38)42-24-29-12-8-6-9-13-29/h6-19,23,26,34,36,38-39H,4-5,20-22,24-25H2,1-3H3/t26-,34-,36+,38?,39-/m1/s1. The summed E-state index contributed by atoms with van der Waals surface area (Å²) in [6, 6.07) is 31.7. The van der Waals surface area contributed by atoms with Gasteiger partial charge in [-0.2, -0.15) is 0 Å². The number of benzene rings is 4. The van der Waals surface area contributed by atoms with Crippen molar-refractivity contribution in [3.05, 3.63) is 135 Å². The molecule has 0 aliphatic carbocycles. The lowest BCUT2D eigenvalue weighted by Gasteiger charge is -2.46. The van der Waals surface area contributed by atoms with Crippen LogP contribution >= 0.6 is 11.6 Å². The van der Waals surface area contributed by atoms with E-state index in [1.165, 1.54) is 11.1 Å². The van der Waals surface area contributed by atoms with Gasteiger partial charge in [0.2, 0.25) is 0 Å². The van der Waals surface area contributed by atoms with Gasteiger partial charge in [-0.25, -0.2) is 0 Å². The summed E-state index contributed by atoms with van der Waals surface area (Å²) in [6.07, 6.45) is 2.54. The Balaban J connectivity index is 1.39. The molecule has 5 atom stereocenters. The van der Waals surface area contributed by atoms with E-state index in [-0.39, 0.29) is 30.3 Å². The Morgan fingerprint density at radius 2 is 1.39 bits per heavy atom. The summed E-state index contributed by atoms with van der Waals surface area (Å²) in [5, 5.41) is 0.802. The van der Waals surface area contributed by atoms with Crippen LogP contribution in [0.2, 0.25) is 5.02 Å². The second kappa shape index (κ2) is 14.3. The van der Waals surface area contributed by atoms with Crippen LogP contribution in [-0.4, -0.2) is 24.9 Å². The Labute approximate surface area is 267 Å². The zero-order valence-corrected chi connectivity index (χ0v) is 26.8. The zero-order chi connectivity index (χ0) is 30.5. The maximum atomic E-state index is 7.10. The largest absolute Gasteiger partial charge is 0.493 e. The van der Waals surface area contributed by atoms with Gasteiger partial charge in [0.15, 0.2) is 0 Å². The molecule has 4 nitrogen and oxygen atoms in total. The van der Waals surface area contributed by atoms with Crippen molar-refractivity contribution in [1.82, 2.24) is 0 Å². The summed E-state index contributed by atoms with van der Waals surface area (Å²) < 4.78 is 26.9. The summed E-state index contributed by atoms with van der Waals surface area (Å²) in [6.45, 7) is 8.19. The van der Waals surface area contributed by atoms with Crippen molar-refractivity contribution in [1.29, 1.82) is 0 Å². The minimum absolute atomic E-state index is 0.00937. The lowest BCUT2D eigenvalue weighted by molar-refractivity contribution is -0.235. The number of aryl methyl sites for hydroxylation is 1. The molecule has 1 unspecified atom stereocenters. The second-order valence-corrected chi connectivity index (χ2v) is 12.5. The number of hydrogen-bond donors (Lipinski definition) is 0. The number of fused-ring (bicyclic) bond motifs is 1. The third kappa shape index (κ3) is 6.74.